The Hall–Kier alpha value is 0.130. The molecular formula is C16H36N2O5S3. The van der Waals surface area contributed by atoms with Gasteiger partial charge in [0.25, 0.3) is 0 Å². The Labute approximate surface area is 165 Å². The monoisotopic (exact) mass is 432 g/mol. The summed E-state index contributed by atoms with van der Waals surface area (Å²) in [6, 6.07) is -0.683. The third kappa shape index (κ3) is 8.43. The average Bonchev–Trinajstić information content (AvgIpc) is 2.50. The molecule has 0 heterocycles. The zero-order chi connectivity index (χ0) is 20.8. The number of hydrogen-bond donors (Lipinski definition) is 3. The number of sulfonamides is 2. The van der Waals surface area contributed by atoms with Gasteiger partial charge in [-0.3, -0.25) is 0 Å². The fourth-order valence-corrected chi connectivity index (χ4v) is 5.59. The van der Waals surface area contributed by atoms with E-state index in [4.69, 9.17) is 0 Å². The van der Waals surface area contributed by atoms with Crippen molar-refractivity contribution in [3.63, 3.8) is 0 Å². The molecule has 0 aliphatic rings. The van der Waals surface area contributed by atoms with E-state index in [0.717, 1.165) is 12.8 Å². The summed E-state index contributed by atoms with van der Waals surface area (Å²) in [6.45, 7) is 9.01. The Kier molecular flexibility index (Phi) is 10.7. The largest absolute Gasteiger partial charge is 0.395 e. The lowest BCUT2D eigenvalue weighted by Gasteiger charge is -2.33. The van der Waals surface area contributed by atoms with Gasteiger partial charge < -0.3 is 5.11 Å². The van der Waals surface area contributed by atoms with Gasteiger partial charge in [-0.05, 0) is 38.5 Å². The lowest BCUT2D eigenvalue weighted by molar-refractivity contribution is 0.196. The number of nitrogens with one attached hydrogen (secondary N) is 1. The number of rotatable bonds is 13. The van der Waals surface area contributed by atoms with Crippen molar-refractivity contribution in [1.82, 2.24) is 9.03 Å². The molecule has 0 aromatic rings. The maximum atomic E-state index is 12.6. The van der Waals surface area contributed by atoms with Gasteiger partial charge in [-0.1, -0.05) is 27.2 Å². The molecule has 0 aliphatic heterocycles. The predicted molar refractivity (Wildman–Crippen MR) is 110 cm³/mol. The molecule has 0 amide bonds. The molecule has 0 saturated carbocycles. The number of nitrogens with zero attached hydrogens (tertiary/aromatic N) is 1. The molecule has 0 spiro atoms. The summed E-state index contributed by atoms with van der Waals surface area (Å²) in [5.74, 6) is 0. The lowest BCUT2D eigenvalue weighted by atomic mass is 9.82. The van der Waals surface area contributed by atoms with Gasteiger partial charge in [-0.2, -0.15) is 12.6 Å². The van der Waals surface area contributed by atoms with Crippen LogP contribution < -0.4 is 4.72 Å². The maximum absolute atomic E-state index is 12.6. The van der Waals surface area contributed by atoms with Crippen LogP contribution in [0.3, 0.4) is 0 Å². The van der Waals surface area contributed by atoms with Crippen LogP contribution in [-0.2, 0) is 20.0 Å². The summed E-state index contributed by atoms with van der Waals surface area (Å²) in [4.78, 5) is 0. The van der Waals surface area contributed by atoms with Gasteiger partial charge in [-0.15, -0.1) is 0 Å². The zero-order valence-corrected chi connectivity index (χ0v) is 19.3. The minimum absolute atomic E-state index is 0.321. The standard InChI is InChI=1S/C16H36N2O5S3/c1-7-8-9-18(6)26(22,23)13(2)10-16(4,5)11-15(12-19)17-25(20,21)14(3)24/h13-15,17,19,24H,7-12H2,1-6H3/t13?,14?,15-/m0/s1. The van der Waals surface area contributed by atoms with Crippen molar-refractivity contribution in [1.29, 1.82) is 0 Å². The van der Waals surface area contributed by atoms with E-state index >= 15 is 0 Å². The molecule has 2 unspecified atom stereocenters. The normalized spacial score (nSPS) is 17.3. The fraction of sp³-hybridized carbons (Fsp3) is 1.00. The Morgan fingerprint density at radius 2 is 1.69 bits per heavy atom. The second kappa shape index (κ2) is 10.6. The molecule has 0 aromatic heterocycles. The lowest BCUT2D eigenvalue weighted by Crippen LogP contribution is -2.44. The minimum atomic E-state index is -3.63. The zero-order valence-electron chi connectivity index (χ0n) is 16.8. The molecule has 0 aromatic carbocycles. The first-order valence-electron chi connectivity index (χ1n) is 8.94. The fourth-order valence-electron chi connectivity index (χ4n) is 2.92. The van der Waals surface area contributed by atoms with Crippen molar-refractivity contribution < 1.29 is 21.9 Å². The molecule has 7 nitrogen and oxygen atoms in total. The molecule has 0 rings (SSSR count). The highest BCUT2D eigenvalue weighted by Crippen LogP contribution is 2.31. The molecule has 3 atom stereocenters. The topological polar surface area (TPSA) is 104 Å². The van der Waals surface area contributed by atoms with E-state index in [9.17, 15) is 21.9 Å². The molecule has 0 saturated heterocycles. The second-order valence-electron chi connectivity index (χ2n) is 7.74. The molecule has 26 heavy (non-hydrogen) atoms. The number of aliphatic hydroxyl groups excluding tert-OH is 1. The molecule has 0 radical (unpaired) electrons. The van der Waals surface area contributed by atoms with E-state index in [1.165, 1.54) is 11.2 Å². The molecule has 2 N–H and O–H groups in total. The van der Waals surface area contributed by atoms with Crippen molar-refractivity contribution in [3.05, 3.63) is 0 Å². The summed E-state index contributed by atoms with van der Waals surface area (Å²) in [7, 11) is -5.46. The van der Waals surface area contributed by atoms with E-state index in [1.807, 2.05) is 20.8 Å². The molecule has 158 valence electrons. The van der Waals surface area contributed by atoms with Crippen molar-refractivity contribution >= 4 is 32.7 Å². The van der Waals surface area contributed by atoms with E-state index in [-0.39, 0.29) is 6.61 Å². The van der Waals surface area contributed by atoms with Crippen LogP contribution in [0.15, 0.2) is 0 Å². The van der Waals surface area contributed by atoms with Crippen LogP contribution in [0.25, 0.3) is 0 Å². The summed E-state index contributed by atoms with van der Waals surface area (Å²) >= 11 is 3.93. The molecule has 0 aliphatic carbocycles. The number of hydrogen-bond acceptors (Lipinski definition) is 6. The maximum Gasteiger partial charge on any atom is 0.223 e. The first-order valence-corrected chi connectivity index (χ1v) is 12.5. The van der Waals surface area contributed by atoms with Crippen molar-refractivity contribution in [2.75, 3.05) is 20.2 Å². The van der Waals surface area contributed by atoms with Crippen LogP contribution >= 0.6 is 12.6 Å². The number of thiol groups is 1. The minimum Gasteiger partial charge on any atom is -0.395 e. The Balaban J connectivity index is 5.05. The van der Waals surface area contributed by atoms with Crippen LogP contribution in [0.4, 0.5) is 0 Å². The van der Waals surface area contributed by atoms with E-state index in [1.54, 1.807) is 14.0 Å². The third-order valence-electron chi connectivity index (χ3n) is 4.41. The van der Waals surface area contributed by atoms with Gasteiger partial charge in [0.1, 0.15) is 4.58 Å². The molecule has 10 heteroatoms. The van der Waals surface area contributed by atoms with Gasteiger partial charge in [0, 0.05) is 19.6 Å². The number of unbranched alkanes of at least 4 members (excludes halogenated alkanes) is 1. The highest BCUT2D eigenvalue weighted by atomic mass is 32.3. The van der Waals surface area contributed by atoms with Gasteiger partial charge in [-0.25, -0.2) is 25.9 Å². The SMILES string of the molecule is CCCCN(C)S(=O)(=O)C(C)CC(C)(C)C[C@@H](CO)NS(=O)(=O)C(C)S. The van der Waals surface area contributed by atoms with E-state index in [2.05, 4.69) is 17.4 Å². The van der Waals surface area contributed by atoms with E-state index < -0.39 is 41.3 Å². The summed E-state index contributed by atoms with van der Waals surface area (Å²) in [5, 5.41) is 8.94. The van der Waals surface area contributed by atoms with Crippen LogP contribution in [0, 0.1) is 5.41 Å². The second-order valence-corrected chi connectivity index (χ2v) is 13.4. The average molecular weight is 433 g/mol. The molecule has 0 fully saturated rings. The smallest absolute Gasteiger partial charge is 0.223 e. The van der Waals surface area contributed by atoms with Crippen molar-refractivity contribution in [2.24, 2.45) is 5.41 Å². The van der Waals surface area contributed by atoms with Gasteiger partial charge >= 0.3 is 0 Å². The summed E-state index contributed by atoms with van der Waals surface area (Å²) in [5.41, 5.74) is -0.478. The Morgan fingerprint density at radius 3 is 2.12 bits per heavy atom. The van der Waals surface area contributed by atoms with Crippen molar-refractivity contribution in [3.8, 4) is 0 Å². The highest BCUT2D eigenvalue weighted by Gasteiger charge is 2.34. The van der Waals surface area contributed by atoms with Crippen LogP contribution in [0.2, 0.25) is 0 Å². The first kappa shape index (κ1) is 26.1. The molecular weight excluding hydrogens is 396 g/mol. The van der Waals surface area contributed by atoms with Crippen LogP contribution in [0.1, 0.15) is 60.3 Å². The van der Waals surface area contributed by atoms with E-state index in [0.29, 0.717) is 19.4 Å². The Bertz CT molecular complexity index is 618. The summed E-state index contributed by atoms with van der Waals surface area (Å²) in [6.07, 6.45) is 2.41. The first-order chi connectivity index (χ1) is 11.7. The van der Waals surface area contributed by atoms with Gasteiger partial charge in [0.2, 0.25) is 20.0 Å². The predicted octanol–water partition coefficient (Wildman–Crippen LogP) is 1.80. The van der Waals surface area contributed by atoms with Gasteiger partial charge in [0.15, 0.2) is 0 Å². The number of aliphatic hydroxyl groups is 1. The van der Waals surface area contributed by atoms with Gasteiger partial charge in [0.05, 0.1) is 11.9 Å². The van der Waals surface area contributed by atoms with Crippen LogP contribution in [0.5, 0.6) is 0 Å². The quantitative estimate of drug-likeness (QED) is 0.385. The molecule has 0 bridgehead atoms. The van der Waals surface area contributed by atoms with Crippen molar-refractivity contribution in [2.45, 2.75) is 76.2 Å². The van der Waals surface area contributed by atoms with Crippen LogP contribution in [-0.4, -0.2) is 62.3 Å². The summed E-state index contributed by atoms with van der Waals surface area (Å²) < 4.78 is 52.1. The third-order valence-corrected chi connectivity index (χ3v) is 9.04. The highest BCUT2D eigenvalue weighted by molar-refractivity contribution is 8.03. The Morgan fingerprint density at radius 1 is 1.15 bits per heavy atom.